The maximum atomic E-state index is 12.0. The molecule has 1 fully saturated rings. The summed E-state index contributed by atoms with van der Waals surface area (Å²) in [6.45, 7) is 0. The number of benzene rings is 1. The van der Waals surface area contributed by atoms with Crippen LogP contribution in [0.4, 0.5) is 5.82 Å². The van der Waals surface area contributed by atoms with Crippen molar-refractivity contribution >= 4 is 41.3 Å². The van der Waals surface area contributed by atoms with E-state index >= 15 is 0 Å². The minimum Gasteiger partial charge on any atom is -0.276 e. The monoisotopic (exact) mass is 297 g/mol. The maximum Gasteiger partial charge on any atom is 0.233 e. The molecule has 1 heterocycles. The van der Waals surface area contributed by atoms with Crippen LogP contribution in [0.5, 0.6) is 0 Å². The average Bonchev–Trinajstić information content (AvgIpc) is 3.10. The van der Waals surface area contributed by atoms with Gasteiger partial charge in [0.15, 0.2) is 5.82 Å². The van der Waals surface area contributed by atoms with E-state index in [1.165, 1.54) is 0 Å². The molecule has 0 saturated heterocycles. The third-order valence-corrected chi connectivity index (χ3v) is 5.12. The molecule has 102 valence electrons. The number of anilines is 1. The van der Waals surface area contributed by atoms with E-state index in [9.17, 15) is 8.42 Å². The van der Waals surface area contributed by atoms with Crippen LogP contribution in [0, 0.1) is 5.92 Å². The van der Waals surface area contributed by atoms with Gasteiger partial charge in [-0.2, -0.15) is 5.10 Å². The number of fused-ring (bicyclic) bond motifs is 1. The molecular formula is C12H16N3O2PS. The van der Waals surface area contributed by atoms with Gasteiger partial charge in [0, 0.05) is 0 Å². The number of H-pyrrole nitrogens is 1. The van der Waals surface area contributed by atoms with Crippen LogP contribution in [0.15, 0.2) is 18.2 Å². The molecule has 3 rings (SSSR count). The molecule has 2 N–H and O–H groups in total. The summed E-state index contributed by atoms with van der Waals surface area (Å²) in [5, 5.41) is 8.62. The fourth-order valence-electron chi connectivity index (χ4n) is 2.10. The van der Waals surface area contributed by atoms with Crippen molar-refractivity contribution in [2.24, 2.45) is 5.92 Å². The average molecular weight is 297 g/mol. The molecule has 1 unspecified atom stereocenters. The zero-order valence-electron chi connectivity index (χ0n) is 10.4. The molecule has 7 heteroatoms. The van der Waals surface area contributed by atoms with Crippen LogP contribution in [0.1, 0.15) is 19.3 Å². The van der Waals surface area contributed by atoms with Crippen molar-refractivity contribution in [3.05, 3.63) is 18.2 Å². The summed E-state index contributed by atoms with van der Waals surface area (Å²) in [5.41, 5.74) is 0.826. The van der Waals surface area contributed by atoms with Crippen LogP contribution in [-0.2, 0) is 10.0 Å². The van der Waals surface area contributed by atoms with E-state index in [1.807, 2.05) is 18.2 Å². The van der Waals surface area contributed by atoms with Crippen molar-refractivity contribution in [2.75, 3.05) is 10.5 Å². The minimum atomic E-state index is -3.31. The molecule has 1 aliphatic carbocycles. The van der Waals surface area contributed by atoms with Crippen LogP contribution in [0.2, 0.25) is 0 Å². The molecule has 1 aromatic carbocycles. The third-order valence-electron chi connectivity index (χ3n) is 3.37. The van der Waals surface area contributed by atoms with E-state index in [4.69, 9.17) is 0 Å². The highest BCUT2D eigenvalue weighted by atomic mass is 32.2. The standard InChI is InChI=1S/C12H16N3O2PS/c16-19(17,7-6-8-4-5-8)15-12-11-9(13-14-12)2-1-3-10(11)18/h1-3,8H,4-7,18H2,(H2,13,14,15). The van der Waals surface area contributed by atoms with E-state index in [1.54, 1.807) is 0 Å². The Morgan fingerprint density at radius 1 is 1.42 bits per heavy atom. The van der Waals surface area contributed by atoms with Gasteiger partial charge in [-0.1, -0.05) is 25.0 Å². The first kappa shape index (κ1) is 12.9. The molecule has 0 aliphatic heterocycles. The minimum absolute atomic E-state index is 0.172. The Hall–Kier alpha value is -1.13. The number of hydrogen-bond donors (Lipinski definition) is 2. The zero-order valence-corrected chi connectivity index (χ0v) is 12.4. The summed E-state index contributed by atoms with van der Waals surface area (Å²) in [5.74, 6) is 1.16. The van der Waals surface area contributed by atoms with E-state index in [2.05, 4.69) is 24.2 Å². The molecule has 5 nitrogen and oxygen atoms in total. The van der Waals surface area contributed by atoms with E-state index in [0.717, 1.165) is 35.5 Å². The van der Waals surface area contributed by atoms with Crippen LogP contribution >= 0.6 is 9.24 Å². The highest BCUT2D eigenvalue weighted by molar-refractivity contribution is 7.92. The van der Waals surface area contributed by atoms with Gasteiger partial charge in [0.25, 0.3) is 0 Å². The highest BCUT2D eigenvalue weighted by Gasteiger charge is 2.24. The van der Waals surface area contributed by atoms with Crippen molar-refractivity contribution < 1.29 is 8.42 Å². The van der Waals surface area contributed by atoms with Crippen LogP contribution in [0.3, 0.4) is 0 Å². The molecule has 0 bridgehead atoms. The second kappa shape index (κ2) is 4.76. The summed E-state index contributed by atoms with van der Waals surface area (Å²) in [7, 11) is -0.713. The molecule has 0 amide bonds. The predicted molar refractivity (Wildman–Crippen MR) is 80.2 cm³/mol. The number of aromatic amines is 1. The Kier molecular flexibility index (Phi) is 3.23. The number of nitrogens with zero attached hydrogens (tertiary/aromatic N) is 1. The molecule has 0 spiro atoms. The topological polar surface area (TPSA) is 74.8 Å². The molecule has 2 aromatic rings. The van der Waals surface area contributed by atoms with Gasteiger partial charge in [-0.15, -0.1) is 9.24 Å². The number of aromatic nitrogens is 2. The molecule has 1 atom stereocenters. The van der Waals surface area contributed by atoms with Crippen molar-refractivity contribution in [2.45, 2.75) is 19.3 Å². The van der Waals surface area contributed by atoms with Crippen molar-refractivity contribution in [3.8, 4) is 0 Å². The number of hydrogen-bond acceptors (Lipinski definition) is 3. The summed E-state index contributed by atoms with van der Waals surface area (Å²) in [6.07, 6.45) is 3.07. The zero-order chi connectivity index (χ0) is 13.5. The van der Waals surface area contributed by atoms with Crippen LogP contribution in [0.25, 0.3) is 10.9 Å². The first-order chi connectivity index (χ1) is 9.05. The fourth-order valence-corrected chi connectivity index (χ4v) is 3.69. The maximum absolute atomic E-state index is 12.0. The summed E-state index contributed by atoms with van der Waals surface area (Å²) in [4.78, 5) is 0. The third kappa shape index (κ3) is 2.90. The molecule has 19 heavy (non-hydrogen) atoms. The van der Waals surface area contributed by atoms with Crippen LogP contribution in [-0.4, -0.2) is 24.4 Å². The first-order valence-corrected chi connectivity index (χ1v) is 8.51. The lowest BCUT2D eigenvalue weighted by atomic mass is 10.2. The van der Waals surface area contributed by atoms with Gasteiger partial charge in [-0.3, -0.25) is 9.82 Å². The largest absolute Gasteiger partial charge is 0.276 e. The quantitative estimate of drug-likeness (QED) is 0.823. The second-order valence-corrected chi connectivity index (χ2v) is 7.46. The van der Waals surface area contributed by atoms with Crippen molar-refractivity contribution in [1.82, 2.24) is 10.2 Å². The first-order valence-electron chi connectivity index (χ1n) is 6.28. The Labute approximate surface area is 114 Å². The lowest BCUT2D eigenvalue weighted by molar-refractivity contribution is 0.595. The van der Waals surface area contributed by atoms with Crippen molar-refractivity contribution in [1.29, 1.82) is 0 Å². The molecule has 1 aliphatic rings. The Bertz CT molecular complexity index is 707. The van der Waals surface area contributed by atoms with E-state index in [0.29, 0.717) is 11.7 Å². The Balaban J connectivity index is 1.84. The SMILES string of the molecule is O=S(=O)(CCC1CC1)Nc1n[nH]c2cccc(P)c12. The van der Waals surface area contributed by atoms with Gasteiger partial charge < -0.3 is 0 Å². The Morgan fingerprint density at radius 3 is 2.95 bits per heavy atom. The number of nitrogens with one attached hydrogen (secondary N) is 2. The van der Waals surface area contributed by atoms with Gasteiger partial charge in [-0.25, -0.2) is 8.42 Å². The van der Waals surface area contributed by atoms with Crippen molar-refractivity contribution in [3.63, 3.8) is 0 Å². The summed E-state index contributed by atoms with van der Waals surface area (Å²) >= 11 is 0. The summed E-state index contributed by atoms with van der Waals surface area (Å²) < 4.78 is 26.6. The van der Waals surface area contributed by atoms with Gasteiger partial charge in [0.1, 0.15) is 0 Å². The molecule has 0 radical (unpaired) electrons. The van der Waals surface area contributed by atoms with E-state index < -0.39 is 10.0 Å². The Morgan fingerprint density at radius 2 is 2.21 bits per heavy atom. The second-order valence-electron chi connectivity index (χ2n) is 4.99. The smallest absolute Gasteiger partial charge is 0.233 e. The van der Waals surface area contributed by atoms with Gasteiger partial charge in [0.2, 0.25) is 10.0 Å². The molecule has 1 saturated carbocycles. The number of sulfonamides is 1. The fraction of sp³-hybridized carbons (Fsp3) is 0.417. The van der Waals surface area contributed by atoms with Gasteiger partial charge in [-0.05, 0) is 23.7 Å². The highest BCUT2D eigenvalue weighted by Crippen LogP contribution is 2.32. The number of rotatable bonds is 5. The normalized spacial score (nSPS) is 15.8. The lowest BCUT2D eigenvalue weighted by Crippen LogP contribution is -2.18. The van der Waals surface area contributed by atoms with E-state index in [-0.39, 0.29) is 5.75 Å². The lowest BCUT2D eigenvalue weighted by Gasteiger charge is -2.06. The van der Waals surface area contributed by atoms with Gasteiger partial charge >= 0.3 is 0 Å². The van der Waals surface area contributed by atoms with Gasteiger partial charge in [0.05, 0.1) is 16.7 Å². The summed E-state index contributed by atoms with van der Waals surface area (Å²) in [6, 6.07) is 5.68. The van der Waals surface area contributed by atoms with Crippen LogP contribution < -0.4 is 10.0 Å². The molecule has 1 aromatic heterocycles. The molecular weight excluding hydrogens is 281 g/mol. The predicted octanol–water partition coefficient (Wildman–Crippen LogP) is 1.61.